The molecule has 0 radical (unpaired) electrons. The minimum Gasteiger partial charge on any atom is -0.480 e. The third-order valence-electron chi connectivity index (χ3n) is 4.01. The summed E-state index contributed by atoms with van der Waals surface area (Å²) in [6, 6.07) is 19.3. The van der Waals surface area contributed by atoms with Crippen molar-refractivity contribution in [2.75, 3.05) is 0 Å². The second kappa shape index (κ2) is 4.64. The number of carboxylic acids is 1. The summed E-state index contributed by atoms with van der Waals surface area (Å²) >= 11 is 0. The number of hydrogen-bond donors (Lipinski definition) is 1. The highest BCUT2D eigenvalue weighted by Crippen LogP contribution is 2.61. The van der Waals surface area contributed by atoms with Crippen molar-refractivity contribution in [3.8, 4) is 0 Å². The molecule has 20 heavy (non-hydrogen) atoms. The molecule has 2 aromatic rings. The van der Waals surface area contributed by atoms with Gasteiger partial charge in [0.1, 0.15) is 5.41 Å². The zero-order valence-corrected chi connectivity index (χ0v) is 11.3. The normalized spacial score (nSPS) is 20.9. The van der Waals surface area contributed by atoms with Crippen LogP contribution in [0.4, 0.5) is 0 Å². The Labute approximate surface area is 118 Å². The standard InChI is InChI=1S/C18H16O2/c1-2-15-16(13-9-5-3-6-10-13)18(15,17(19)20)14-11-7-4-8-12-14/h3-12H,2H2,1H3,(H,19,20)/t18-/m1/s1. The lowest BCUT2D eigenvalue weighted by Gasteiger charge is -2.16. The monoisotopic (exact) mass is 264 g/mol. The van der Waals surface area contributed by atoms with Crippen LogP contribution in [0.5, 0.6) is 0 Å². The maximum absolute atomic E-state index is 12.0. The van der Waals surface area contributed by atoms with Crippen LogP contribution >= 0.6 is 0 Å². The maximum Gasteiger partial charge on any atom is 0.322 e. The van der Waals surface area contributed by atoms with Crippen LogP contribution in [0.2, 0.25) is 0 Å². The van der Waals surface area contributed by atoms with Gasteiger partial charge in [0.2, 0.25) is 0 Å². The van der Waals surface area contributed by atoms with Crippen molar-refractivity contribution >= 4 is 11.5 Å². The molecule has 3 rings (SSSR count). The molecule has 1 atom stereocenters. The summed E-state index contributed by atoms with van der Waals surface area (Å²) in [6.07, 6.45) is 0.755. The smallest absolute Gasteiger partial charge is 0.322 e. The molecule has 1 aliphatic rings. The van der Waals surface area contributed by atoms with E-state index in [4.69, 9.17) is 0 Å². The van der Waals surface area contributed by atoms with Crippen LogP contribution in [0.1, 0.15) is 24.5 Å². The van der Waals surface area contributed by atoms with Crippen molar-refractivity contribution in [1.82, 2.24) is 0 Å². The van der Waals surface area contributed by atoms with Crippen molar-refractivity contribution in [3.05, 3.63) is 77.4 Å². The molecule has 0 fully saturated rings. The van der Waals surface area contributed by atoms with Crippen molar-refractivity contribution in [2.24, 2.45) is 0 Å². The van der Waals surface area contributed by atoms with E-state index >= 15 is 0 Å². The maximum atomic E-state index is 12.0. The Hall–Kier alpha value is -2.35. The highest BCUT2D eigenvalue weighted by molar-refractivity contribution is 6.14. The second-order valence-corrected chi connectivity index (χ2v) is 4.99. The third-order valence-corrected chi connectivity index (χ3v) is 4.01. The number of benzene rings is 2. The molecule has 0 unspecified atom stereocenters. The molecule has 100 valence electrons. The summed E-state index contributed by atoms with van der Waals surface area (Å²) in [5.74, 6) is -0.778. The predicted molar refractivity (Wildman–Crippen MR) is 79.4 cm³/mol. The van der Waals surface area contributed by atoms with Crippen LogP contribution in [-0.4, -0.2) is 11.1 Å². The topological polar surface area (TPSA) is 37.3 Å². The summed E-state index contributed by atoms with van der Waals surface area (Å²) in [6.45, 7) is 2.02. The van der Waals surface area contributed by atoms with Crippen molar-refractivity contribution in [1.29, 1.82) is 0 Å². The SMILES string of the molecule is CCC1=C(c2ccccc2)[C@@]1(C(=O)O)c1ccccc1. The fourth-order valence-corrected chi connectivity index (χ4v) is 3.14. The molecule has 2 heteroatoms. The molecule has 2 aromatic carbocycles. The van der Waals surface area contributed by atoms with Gasteiger partial charge >= 0.3 is 5.97 Å². The third kappa shape index (κ3) is 1.61. The Kier molecular flexibility index (Phi) is 2.94. The van der Waals surface area contributed by atoms with Crippen molar-refractivity contribution in [3.63, 3.8) is 0 Å². The zero-order valence-electron chi connectivity index (χ0n) is 11.3. The van der Waals surface area contributed by atoms with Gasteiger partial charge in [0, 0.05) is 0 Å². The number of hydrogen-bond acceptors (Lipinski definition) is 1. The summed E-state index contributed by atoms with van der Waals surface area (Å²) in [5.41, 5.74) is 2.91. The van der Waals surface area contributed by atoms with Crippen LogP contribution in [0, 0.1) is 0 Å². The molecule has 0 amide bonds. The lowest BCUT2D eigenvalue weighted by atomic mass is 9.86. The van der Waals surface area contributed by atoms with Gasteiger partial charge in [-0.05, 0) is 28.7 Å². The van der Waals surface area contributed by atoms with E-state index in [1.54, 1.807) is 0 Å². The van der Waals surface area contributed by atoms with E-state index in [0.29, 0.717) is 0 Å². The Morgan fingerprint density at radius 1 is 1.00 bits per heavy atom. The first-order valence-corrected chi connectivity index (χ1v) is 6.81. The Morgan fingerprint density at radius 3 is 2.05 bits per heavy atom. The summed E-state index contributed by atoms with van der Waals surface area (Å²) in [5, 5.41) is 9.85. The molecule has 0 bridgehead atoms. The molecule has 1 N–H and O–H groups in total. The van der Waals surface area contributed by atoms with E-state index in [1.165, 1.54) is 0 Å². The van der Waals surface area contributed by atoms with Gasteiger partial charge in [-0.15, -0.1) is 0 Å². The van der Waals surface area contributed by atoms with Gasteiger partial charge in [-0.3, -0.25) is 4.79 Å². The Balaban J connectivity index is 2.14. The Morgan fingerprint density at radius 2 is 1.55 bits per heavy atom. The number of rotatable bonds is 4. The lowest BCUT2D eigenvalue weighted by Crippen LogP contribution is -2.25. The van der Waals surface area contributed by atoms with Crippen LogP contribution in [0.15, 0.2) is 66.2 Å². The van der Waals surface area contributed by atoms with Crippen molar-refractivity contribution < 1.29 is 9.90 Å². The van der Waals surface area contributed by atoms with E-state index in [2.05, 4.69) is 0 Å². The van der Waals surface area contributed by atoms with Crippen molar-refractivity contribution in [2.45, 2.75) is 18.8 Å². The van der Waals surface area contributed by atoms with Crippen LogP contribution in [-0.2, 0) is 10.2 Å². The number of carbonyl (C=O) groups is 1. The first kappa shape index (κ1) is 12.7. The highest BCUT2D eigenvalue weighted by Gasteiger charge is 2.59. The van der Waals surface area contributed by atoms with Gasteiger partial charge < -0.3 is 5.11 Å². The fourth-order valence-electron chi connectivity index (χ4n) is 3.14. The van der Waals surface area contributed by atoms with E-state index in [0.717, 1.165) is 28.7 Å². The molecule has 0 saturated heterocycles. The molecule has 0 aromatic heterocycles. The summed E-state index contributed by atoms with van der Waals surface area (Å²) in [7, 11) is 0. The molecule has 0 aliphatic heterocycles. The lowest BCUT2D eigenvalue weighted by molar-refractivity contribution is -0.139. The second-order valence-electron chi connectivity index (χ2n) is 4.99. The Bertz CT molecular complexity index is 671. The molecular weight excluding hydrogens is 248 g/mol. The van der Waals surface area contributed by atoms with Gasteiger partial charge in [0.15, 0.2) is 0 Å². The molecule has 1 aliphatic carbocycles. The van der Waals surface area contributed by atoms with Gasteiger partial charge in [-0.1, -0.05) is 67.6 Å². The minimum absolute atomic E-state index is 0.755. The summed E-state index contributed by atoms with van der Waals surface area (Å²) < 4.78 is 0. The van der Waals surface area contributed by atoms with Gasteiger partial charge in [-0.2, -0.15) is 0 Å². The molecule has 0 spiro atoms. The molecular formula is C18H16O2. The van der Waals surface area contributed by atoms with Crippen LogP contribution in [0.3, 0.4) is 0 Å². The average Bonchev–Trinajstić information content (AvgIpc) is 3.19. The van der Waals surface area contributed by atoms with E-state index in [9.17, 15) is 9.90 Å². The largest absolute Gasteiger partial charge is 0.480 e. The highest BCUT2D eigenvalue weighted by atomic mass is 16.4. The molecule has 2 nitrogen and oxygen atoms in total. The zero-order chi connectivity index (χ0) is 14.2. The first-order valence-electron chi connectivity index (χ1n) is 6.81. The average molecular weight is 264 g/mol. The summed E-state index contributed by atoms with van der Waals surface area (Å²) in [4.78, 5) is 12.0. The van der Waals surface area contributed by atoms with E-state index < -0.39 is 11.4 Å². The van der Waals surface area contributed by atoms with E-state index in [-0.39, 0.29) is 0 Å². The van der Waals surface area contributed by atoms with E-state index in [1.807, 2.05) is 67.6 Å². The fraction of sp³-hybridized carbons (Fsp3) is 0.167. The quantitative estimate of drug-likeness (QED) is 0.909. The van der Waals surface area contributed by atoms with Gasteiger partial charge in [-0.25, -0.2) is 0 Å². The van der Waals surface area contributed by atoms with Crippen LogP contribution in [0.25, 0.3) is 5.57 Å². The van der Waals surface area contributed by atoms with Gasteiger partial charge in [0.05, 0.1) is 0 Å². The predicted octanol–water partition coefficient (Wildman–Crippen LogP) is 3.89. The molecule has 0 saturated carbocycles. The minimum atomic E-state index is -0.919. The number of aliphatic carboxylic acids is 1. The first-order chi connectivity index (χ1) is 9.72. The molecule has 0 heterocycles. The van der Waals surface area contributed by atoms with Crippen LogP contribution < -0.4 is 0 Å². The number of carboxylic acid groups (broad SMARTS) is 1. The van der Waals surface area contributed by atoms with Gasteiger partial charge in [0.25, 0.3) is 0 Å².